The lowest BCUT2D eigenvalue weighted by Gasteiger charge is -2.37. The van der Waals surface area contributed by atoms with Crippen molar-refractivity contribution in [2.75, 3.05) is 6.61 Å². The number of amides is 1. The second-order valence-electron chi connectivity index (χ2n) is 8.02. The summed E-state index contributed by atoms with van der Waals surface area (Å²) in [6.45, 7) is 5.92. The number of carbonyl (C=O) groups is 2. The number of aliphatic imine (C=N–C) groups is 1. The molecule has 2 aliphatic rings. The van der Waals surface area contributed by atoms with E-state index in [0.717, 1.165) is 16.8 Å². The van der Waals surface area contributed by atoms with E-state index in [2.05, 4.69) is 10.3 Å². The van der Waals surface area contributed by atoms with Crippen LogP contribution in [0.4, 0.5) is 4.39 Å². The Hall–Kier alpha value is -3.39. The number of benzene rings is 2. The first-order valence-corrected chi connectivity index (χ1v) is 12.0. The molecule has 6 nitrogen and oxygen atoms in total. The number of allylic oxidation sites excluding steroid dienone is 1. The molecule has 0 aromatic heterocycles. The predicted octanol–water partition coefficient (Wildman–Crippen LogP) is 4.98. The summed E-state index contributed by atoms with van der Waals surface area (Å²) in [5.41, 5.74) is 4.16. The van der Waals surface area contributed by atoms with Gasteiger partial charge in [0.1, 0.15) is 5.82 Å². The summed E-state index contributed by atoms with van der Waals surface area (Å²) in [6.07, 6.45) is 0.0675. The lowest BCUT2D eigenvalue weighted by molar-refractivity contribution is -0.139. The third-order valence-corrected chi connectivity index (χ3v) is 6.64. The maximum absolute atomic E-state index is 13.9. The number of rotatable bonds is 7. The Labute approximate surface area is 202 Å². The molecule has 1 N–H and O–H groups in total. The molecule has 0 spiro atoms. The summed E-state index contributed by atoms with van der Waals surface area (Å²) >= 11 is 1.42. The van der Waals surface area contributed by atoms with Crippen molar-refractivity contribution >= 4 is 28.8 Å². The summed E-state index contributed by atoms with van der Waals surface area (Å²) in [4.78, 5) is 32.4. The number of aryl methyl sites for hydroxylation is 1. The van der Waals surface area contributed by atoms with Crippen molar-refractivity contribution in [3.8, 4) is 0 Å². The molecule has 0 radical (unpaired) electrons. The van der Waals surface area contributed by atoms with Gasteiger partial charge in [-0.2, -0.15) is 0 Å². The number of halogens is 1. The van der Waals surface area contributed by atoms with Crippen molar-refractivity contribution < 1.29 is 18.7 Å². The Morgan fingerprint density at radius 1 is 1.15 bits per heavy atom. The van der Waals surface area contributed by atoms with E-state index in [-0.39, 0.29) is 31.3 Å². The van der Waals surface area contributed by atoms with E-state index in [1.54, 1.807) is 25.1 Å². The number of esters is 1. The number of nitrogens with zero attached hydrogens (tertiary/aromatic N) is 2. The van der Waals surface area contributed by atoms with Gasteiger partial charge in [-0.3, -0.25) is 4.79 Å². The number of hydrogen-bond acceptors (Lipinski definition) is 6. The van der Waals surface area contributed by atoms with Crippen molar-refractivity contribution in [1.82, 2.24) is 10.2 Å². The van der Waals surface area contributed by atoms with Crippen LogP contribution in [0.25, 0.3) is 0 Å². The Morgan fingerprint density at radius 3 is 2.62 bits per heavy atom. The van der Waals surface area contributed by atoms with E-state index in [0.29, 0.717) is 22.0 Å². The first kappa shape index (κ1) is 23.8. The van der Waals surface area contributed by atoms with Crippen molar-refractivity contribution in [1.29, 1.82) is 0 Å². The van der Waals surface area contributed by atoms with Crippen molar-refractivity contribution in [2.24, 2.45) is 4.99 Å². The molecule has 2 heterocycles. The molecule has 0 unspecified atom stereocenters. The van der Waals surface area contributed by atoms with Gasteiger partial charge in [0, 0.05) is 17.8 Å². The summed E-state index contributed by atoms with van der Waals surface area (Å²) in [6, 6.07) is 13.7. The largest absolute Gasteiger partial charge is 0.463 e. The fourth-order valence-electron chi connectivity index (χ4n) is 4.09. The molecule has 176 valence electrons. The topological polar surface area (TPSA) is 71.0 Å². The zero-order valence-corrected chi connectivity index (χ0v) is 20.1. The Kier molecular flexibility index (Phi) is 7.17. The number of nitrogens with one attached hydrogen (secondary N) is 1. The minimum absolute atomic E-state index is 0.0675. The second kappa shape index (κ2) is 10.3. The lowest BCUT2D eigenvalue weighted by Crippen LogP contribution is -2.38. The van der Waals surface area contributed by atoms with Gasteiger partial charge in [-0.05, 0) is 43.4 Å². The number of fused-ring (bicyclic) bond motifs is 1. The van der Waals surface area contributed by atoms with Crippen LogP contribution in [0.3, 0.4) is 0 Å². The van der Waals surface area contributed by atoms with Crippen LogP contribution in [0.15, 0.2) is 75.9 Å². The van der Waals surface area contributed by atoms with Gasteiger partial charge in [0.25, 0.3) is 0 Å². The first-order chi connectivity index (χ1) is 16.4. The quantitative estimate of drug-likeness (QED) is 0.568. The third kappa shape index (κ3) is 4.77. The lowest BCUT2D eigenvalue weighted by atomic mass is 9.91. The van der Waals surface area contributed by atoms with Crippen LogP contribution in [-0.2, 0) is 20.9 Å². The normalized spacial score (nSPS) is 17.2. The standard InChI is InChI=1S/C26H26FN3O3S/c1-4-33-25(32)23-17(3)29-26-30(24(23)20-11-7-5-9-16(20)2)19(15-34-26)13-22(31)28-14-18-10-6-8-12-21(18)27/h5-12,15,24H,4,13-14H2,1-3H3,(H,28,31)/t24-/m1/s1. The first-order valence-electron chi connectivity index (χ1n) is 11.1. The van der Waals surface area contributed by atoms with Gasteiger partial charge in [0.2, 0.25) is 5.91 Å². The Morgan fingerprint density at radius 2 is 1.88 bits per heavy atom. The molecule has 0 fully saturated rings. The molecule has 2 aliphatic heterocycles. The van der Waals surface area contributed by atoms with Gasteiger partial charge in [0.05, 0.1) is 30.3 Å². The molecule has 34 heavy (non-hydrogen) atoms. The minimum atomic E-state index is -0.464. The molecular formula is C26H26FN3O3S. The van der Waals surface area contributed by atoms with Gasteiger partial charge in [-0.15, -0.1) is 0 Å². The zero-order valence-electron chi connectivity index (χ0n) is 19.3. The summed E-state index contributed by atoms with van der Waals surface area (Å²) in [5, 5.41) is 5.38. The van der Waals surface area contributed by atoms with E-state index in [1.165, 1.54) is 17.8 Å². The van der Waals surface area contributed by atoms with Crippen molar-refractivity contribution in [3.05, 3.63) is 93.4 Å². The molecule has 2 aromatic carbocycles. The Balaban J connectivity index is 1.62. The number of carbonyl (C=O) groups excluding carboxylic acids is 2. The predicted molar refractivity (Wildman–Crippen MR) is 131 cm³/mol. The summed E-state index contributed by atoms with van der Waals surface area (Å²) < 4.78 is 19.3. The van der Waals surface area contributed by atoms with E-state index in [9.17, 15) is 14.0 Å². The zero-order chi connectivity index (χ0) is 24.2. The maximum atomic E-state index is 13.9. The van der Waals surface area contributed by atoms with Crippen molar-refractivity contribution in [2.45, 2.75) is 39.8 Å². The molecular weight excluding hydrogens is 453 g/mol. The molecule has 8 heteroatoms. The van der Waals surface area contributed by atoms with Gasteiger partial charge in [-0.1, -0.05) is 54.2 Å². The second-order valence-corrected chi connectivity index (χ2v) is 8.85. The van der Waals surface area contributed by atoms with Crippen LogP contribution >= 0.6 is 11.8 Å². The van der Waals surface area contributed by atoms with E-state index in [4.69, 9.17) is 4.74 Å². The van der Waals surface area contributed by atoms with Crippen LogP contribution in [0.2, 0.25) is 0 Å². The molecule has 0 saturated carbocycles. The molecule has 1 atom stereocenters. The molecule has 2 aromatic rings. The van der Waals surface area contributed by atoms with E-state index in [1.807, 2.05) is 48.4 Å². The monoisotopic (exact) mass is 479 g/mol. The SMILES string of the molecule is CCOC(=O)C1=C(C)N=C2SC=C(CC(=O)NCc3ccccc3F)N2[C@@H]1c1ccccc1C. The van der Waals surface area contributed by atoms with Crippen molar-refractivity contribution in [3.63, 3.8) is 0 Å². The molecule has 0 bridgehead atoms. The van der Waals surface area contributed by atoms with Crippen LogP contribution in [0.1, 0.15) is 43.0 Å². The molecule has 0 saturated heterocycles. The number of amidine groups is 1. The summed E-state index contributed by atoms with van der Waals surface area (Å²) in [7, 11) is 0. The highest BCUT2D eigenvalue weighted by atomic mass is 32.2. The Bertz CT molecular complexity index is 1220. The summed E-state index contributed by atoms with van der Waals surface area (Å²) in [5.74, 6) is -1.02. The smallest absolute Gasteiger partial charge is 0.338 e. The number of hydrogen-bond donors (Lipinski definition) is 1. The van der Waals surface area contributed by atoms with Crippen LogP contribution in [0, 0.1) is 12.7 Å². The van der Waals surface area contributed by atoms with Crippen LogP contribution in [0.5, 0.6) is 0 Å². The van der Waals surface area contributed by atoms with Crippen LogP contribution in [-0.4, -0.2) is 28.6 Å². The van der Waals surface area contributed by atoms with Gasteiger partial charge < -0.3 is 15.0 Å². The minimum Gasteiger partial charge on any atom is -0.463 e. The number of ether oxygens (including phenoxy) is 1. The molecule has 1 amide bonds. The number of thioether (sulfide) groups is 1. The van der Waals surface area contributed by atoms with E-state index < -0.39 is 12.0 Å². The highest BCUT2D eigenvalue weighted by molar-refractivity contribution is 8.16. The molecule has 4 rings (SSSR count). The maximum Gasteiger partial charge on any atom is 0.338 e. The molecule has 0 aliphatic carbocycles. The van der Waals surface area contributed by atoms with Crippen LogP contribution < -0.4 is 5.32 Å². The van der Waals surface area contributed by atoms with Gasteiger partial charge >= 0.3 is 5.97 Å². The van der Waals surface area contributed by atoms with Gasteiger partial charge in [-0.25, -0.2) is 14.2 Å². The third-order valence-electron chi connectivity index (χ3n) is 5.75. The average Bonchev–Trinajstić information content (AvgIpc) is 3.20. The fraction of sp³-hybridized carbons (Fsp3) is 0.269. The highest BCUT2D eigenvalue weighted by Gasteiger charge is 2.41. The highest BCUT2D eigenvalue weighted by Crippen LogP contribution is 2.45. The van der Waals surface area contributed by atoms with Gasteiger partial charge in [0.15, 0.2) is 5.17 Å². The average molecular weight is 480 g/mol. The fourth-order valence-corrected chi connectivity index (χ4v) is 5.05. The van der Waals surface area contributed by atoms with E-state index >= 15 is 0 Å².